The van der Waals surface area contributed by atoms with E-state index < -0.39 is 12.1 Å². The monoisotopic (exact) mass is 240 g/mol. The third kappa shape index (κ3) is 3.06. The minimum atomic E-state index is -0.981. The maximum Gasteiger partial charge on any atom is 0.337 e. The van der Waals surface area contributed by atoms with Crippen molar-refractivity contribution in [3.63, 3.8) is 0 Å². The van der Waals surface area contributed by atoms with Gasteiger partial charge in [0, 0.05) is 30.8 Å². The van der Waals surface area contributed by atoms with E-state index in [-0.39, 0.29) is 5.41 Å². The quantitative estimate of drug-likeness (QED) is 0.872. The van der Waals surface area contributed by atoms with Crippen molar-refractivity contribution in [3.8, 4) is 0 Å². The van der Waals surface area contributed by atoms with Gasteiger partial charge in [0.1, 0.15) is 0 Å². The molecule has 0 aromatic carbocycles. The summed E-state index contributed by atoms with van der Waals surface area (Å²) in [7, 11) is 1.78. The van der Waals surface area contributed by atoms with Crippen LogP contribution >= 0.6 is 0 Å². The van der Waals surface area contributed by atoms with Crippen molar-refractivity contribution in [2.24, 2.45) is 7.05 Å². The molecule has 0 saturated carbocycles. The lowest BCUT2D eigenvalue weighted by atomic mass is 9.88. The lowest BCUT2D eigenvalue weighted by Crippen LogP contribution is -2.21. The molecule has 5 nitrogen and oxygen atoms in total. The SMILES string of the molecule is CCOC(C(=O)O)c1cn(C)nc1C(C)(C)C. The van der Waals surface area contributed by atoms with E-state index in [1.54, 1.807) is 24.9 Å². The fourth-order valence-corrected chi connectivity index (χ4v) is 1.74. The number of carboxylic acids is 1. The average molecular weight is 240 g/mol. The Morgan fingerprint density at radius 1 is 1.59 bits per heavy atom. The number of hydrogen-bond acceptors (Lipinski definition) is 3. The maximum atomic E-state index is 11.2. The van der Waals surface area contributed by atoms with Crippen LogP contribution in [-0.4, -0.2) is 27.5 Å². The molecule has 1 N–H and O–H groups in total. The molecule has 0 saturated heterocycles. The zero-order valence-electron chi connectivity index (χ0n) is 11.0. The highest BCUT2D eigenvalue weighted by molar-refractivity contribution is 5.74. The van der Waals surface area contributed by atoms with Gasteiger partial charge >= 0.3 is 5.97 Å². The first-order chi connectivity index (χ1) is 7.77. The second kappa shape index (κ2) is 4.87. The van der Waals surface area contributed by atoms with E-state index in [9.17, 15) is 9.90 Å². The smallest absolute Gasteiger partial charge is 0.337 e. The van der Waals surface area contributed by atoms with Gasteiger partial charge in [-0.2, -0.15) is 5.10 Å². The van der Waals surface area contributed by atoms with Crippen LogP contribution in [-0.2, 0) is 22.0 Å². The van der Waals surface area contributed by atoms with Crippen molar-refractivity contribution < 1.29 is 14.6 Å². The number of rotatable bonds is 4. The summed E-state index contributed by atoms with van der Waals surface area (Å²) in [5.74, 6) is -0.981. The number of ether oxygens (including phenoxy) is 1. The summed E-state index contributed by atoms with van der Waals surface area (Å²) >= 11 is 0. The molecule has 0 aliphatic rings. The predicted octanol–water partition coefficient (Wildman–Crippen LogP) is 1.88. The van der Waals surface area contributed by atoms with Gasteiger partial charge in [-0.1, -0.05) is 20.8 Å². The van der Waals surface area contributed by atoms with Crippen molar-refractivity contribution in [1.82, 2.24) is 9.78 Å². The number of aryl methyl sites for hydroxylation is 1. The van der Waals surface area contributed by atoms with Crippen LogP contribution in [0, 0.1) is 0 Å². The Bertz CT molecular complexity index is 404. The molecule has 1 atom stereocenters. The van der Waals surface area contributed by atoms with Gasteiger partial charge in [0.05, 0.1) is 5.69 Å². The van der Waals surface area contributed by atoms with Crippen LogP contribution in [0.1, 0.15) is 45.1 Å². The molecule has 0 fully saturated rings. The topological polar surface area (TPSA) is 64.3 Å². The van der Waals surface area contributed by atoms with Crippen LogP contribution in [0.5, 0.6) is 0 Å². The maximum absolute atomic E-state index is 11.2. The van der Waals surface area contributed by atoms with Crippen LogP contribution in [0.2, 0.25) is 0 Å². The number of aromatic nitrogens is 2. The minimum absolute atomic E-state index is 0.207. The summed E-state index contributed by atoms with van der Waals surface area (Å²) in [6, 6.07) is 0. The molecular weight excluding hydrogens is 220 g/mol. The molecule has 96 valence electrons. The van der Waals surface area contributed by atoms with E-state index >= 15 is 0 Å². The number of hydrogen-bond donors (Lipinski definition) is 1. The summed E-state index contributed by atoms with van der Waals surface area (Å²) < 4.78 is 6.92. The minimum Gasteiger partial charge on any atom is -0.479 e. The molecule has 1 heterocycles. The van der Waals surface area contributed by atoms with Crippen molar-refractivity contribution in [1.29, 1.82) is 0 Å². The zero-order chi connectivity index (χ0) is 13.2. The second-order valence-corrected chi connectivity index (χ2v) is 5.03. The molecule has 0 spiro atoms. The van der Waals surface area contributed by atoms with E-state index in [1.165, 1.54) is 0 Å². The molecular formula is C12H20N2O3. The van der Waals surface area contributed by atoms with Gasteiger partial charge in [-0.05, 0) is 6.92 Å². The fraction of sp³-hybridized carbons (Fsp3) is 0.667. The zero-order valence-corrected chi connectivity index (χ0v) is 11.0. The number of aliphatic carboxylic acids is 1. The van der Waals surface area contributed by atoms with E-state index in [0.717, 1.165) is 5.69 Å². The normalized spacial score (nSPS) is 13.7. The van der Waals surface area contributed by atoms with Crippen LogP contribution < -0.4 is 0 Å². The molecule has 1 aromatic rings. The Kier molecular flexibility index (Phi) is 3.93. The third-order valence-corrected chi connectivity index (χ3v) is 2.41. The molecule has 0 aliphatic carbocycles. The van der Waals surface area contributed by atoms with Gasteiger partial charge in [-0.25, -0.2) is 4.79 Å². The van der Waals surface area contributed by atoms with E-state index in [2.05, 4.69) is 5.10 Å². The van der Waals surface area contributed by atoms with Gasteiger partial charge in [0.2, 0.25) is 0 Å². The van der Waals surface area contributed by atoms with E-state index in [4.69, 9.17) is 4.74 Å². The van der Waals surface area contributed by atoms with Crippen molar-refractivity contribution in [2.75, 3.05) is 6.61 Å². The molecule has 1 rings (SSSR count). The largest absolute Gasteiger partial charge is 0.479 e. The van der Waals surface area contributed by atoms with E-state index in [0.29, 0.717) is 12.2 Å². The Morgan fingerprint density at radius 2 is 2.18 bits per heavy atom. The average Bonchev–Trinajstić information content (AvgIpc) is 2.55. The molecule has 1 aromatic heterocycles. The van der Waals surface area contributed by atoms with E-state index in [1.807, 2.05) is 20.8 Å². The summed E-state index contributed by atoms with van der Waals surface area (Å²) in [4.78, 5) is 11.2. The highest BCUT2D eigenvalue weighted by atomic mass is 16.5. The molecule has 5 heteroatoms. The third-order valence-electron chi connectivity index (χ3n) is 2.41. The van der Waals surface area contributed by atoms with Gasteiger partial charge in [0.25, 0.3) is 0 Å². The number of carboxylic acid groups (broad SMARTS) is 1. The van der Waals surface area contributed by atoms with Crippen molar-refractivity contribution in [3.05, 3.63) is 17.5 Å². The number of nitrogens with zero attached hydrogens (tertiary/aromatic N) is 2. The lowest BCUT2D eigenvalue weighted by molar-refractivity contribution is -0.150. The molecule has 0 amide bonds. The Labute approximate surface area is 101 Å². The Morgan fingerprint density at radius 3 is 2.59 bits per heavy atom. The summed E-state index contributed by atoms with van der Waals surface area (Å²) in [6.45, 7) is 8.15. The molecule has 0 aliphatic heterocycles. The Balaban J connectivity index is 3.23. The summed E-state index contributed by atoms with van der Waals surface area (Å²) in [5.41, 5.74) is 1.19. The first-order valence-electron chi connectivity index (χ1n) is 5.65. The highest BCUT2D eigenvalue weighted by Gasteiger charge is 2.30. The first-order valence-corrected chi connectivity index (χ1v) is 5.65. The second-order valence-electron chi connectivity index (χ2n) is 5.03. The Hall–Kier alpha value is -1.36. The van der Waals surface area contributed by atoms with Gasteiger partial charge < -0.3 is 9.84 Å². The van der Waals surface area contributed by atoms with Crippen molar-refractivity contribution >= 4 is 5.97 Å². The van der Waals surface area contributed by atoms with Crippen molar-refractivity contribution in [2.45, 2.75) is 39.2 Å². The highest BCUT2D eigenvalue weighted by Crippen LogP contribution is 2.30. The fourth-order valence-electron chi connectivity index (χ4n) is 1.74. The lowest BCUT2D eigenvalue weighted by Gasteiger charge is -2.20. The van der Waals surface area contributed by atoms with Crippen LogP contribution in [0.25, 0.3) is 0 Å². The van der Waals surface area contributed by atoms with Gasteiger partial charge in [-0.15, -0.1) is 0 Å². The number of carbonyl (C=O) groups is 1. The molecule has 0 bridgehead atoms. The van der Waals surface area contributed by atoms with Gasteiger partial charge in [-0.3, -0.25) is 4.68 Å². The summed E-state index contributed by atoms with van der Waals surface area (Å²) in [6.07, 6.45) is 0.776. The van der Waals surface area contributed by atoms with Crippen LogP contribution in [0.15, 0.2) is 6.20 Å². The molecule has 0 radical (unpaired) electrons. The van der Waals surface area contributed by atoms with Crippen LogP contribution in [0.3, 0.4) is 0 Å². The van der Waals surface area contributed by atoms with Gasteiger partial charge in [0.15, 0.2) is 6.10 Å². The first kappa shape index (κ1) is 13.7. The standard InChI is InChI=1S/C12H20N2O3/c1-6-17-9(11(15)16)8-7-14(5)13-10(8)12(2,3)4/h7,9H,6H2,1-5H3,(H,15,16). The molecule has 1 unspecified atom stereocenters. The predicted molar refractivity (Wildman–Crippen MR) is 63.9 cm³/mol. The molecule has 17 heavy (non-hydrogen) atoms. The summed E-state index contributed by atoms with van der Waals surface area (Å²) in [5, 5.41) is 13.5. The van der Waals surface area contributed by atoms with Crippen LogP contribution in [0.4, 0.5) is 0 Å².